The highest BCUT2D eigenvalue weighted by molar-refractivity contribution is 6.02. The van der Waals surface area contributed by atoms with Gasteiger partial charge in [-0.2, -0.15) is 0 Å². The lowest BCUT2D eigenvalue weighted by Crippen LogP contribution is -2.33. The van der Waals surface area contributed by atoms with Gasteiger partial charge in [0.25, 0.3) is 11.8 Å². The summed E-state index contributed by atoms with van der Waals surface area (Å²) in [5, 5.41) is 0.347. The molecule has 0 aromatic heterocycles. The molecular weight excluding hydrogens is 262 g/mol. The van der Waals surface area contributed by atoms with Crippen LogP contribution in [0.1, 0.15) is 19.3 Å². The minimum Gasteiger partial charge on any atom is -0.410 e. The van der Waals surface area contributed by atoms with Crippen LogP contribution in [-0.2, 0) is 38.2 Å². The van der Waals surface area contributed by atoms with E-state index in [2.05, 4.69) is 19.0 Å². The molecule has 0 unspecified atom stereocenters. The number of imide groups is 1. The Morgan fingerprint density at radius 2 is 1.63 bits per heavy atom. The quantitative estimate of drug-likeness (QED) is 0.265. The van der Waals surface area contributed by atoms with Crippen LogP contribution in [0.5, 0.6) is 0 Å². The third-order valence-electron chi connectivity index (χ3n) is 2.10. The molecule has 0 aliphatic carbocycles. The molecule has 0 saturated carbocycles. The molecule has 0 aromatic rings. The normalized spacial score (nSPS) is 15.0. The topological polar surface area (TPSA) is 108 Å². The molecule has 0 spiro atoms. The number of amides is 2. The standard InChI is InChI=1S/C10H13NO8/c1-16-10(17-2)18-8(14)5-9(15)19-11-6(12)3-4-7(11)13/h10H,3-5H2,1-2H3. The second-order valence-electron chi connectivity index (χ2n) is 3.47. The largest absolute Gasteiger partial charge is 0.410 e. The Labute approximate surface area is 108 Å². The maximum Gasteiger partial charge on any atom is 0.344 e. The lowest BCUT2D eigenvalue weighted by molar-refractivity contribution is -0.255. The molecule has 0 N–H and O–H groups in total. The summed E-state index contributed by atoms with van der Waals surface area (Å²) < 4.78 is 13.7. The zero-order valence-corrected chi connectivity index (χ0v) is 10.4. The second kappa shape index (κ2) is 6.81. The molecule has 0 radical (unpaired) electrons. The first-order chi connectivity index (χ1) is 8.97. The number of ether oxygens (including phenoxy) is 3. The van der Waals surface area contributed by atoms with E-state index in [0.717, 1.165) is 0 Å². The Hall–Kier alpha value is -2.00. The monoisotopic (exact) mass is 275 g/mol. The van der Waals surface area contributed by atoms with Crippen molar-refractivity contribution in [1.82, 2.24) is 5.06 Å². The van der Waals surface area contributed by atoms with E-state index in [1.54, 1.807) is 0 Å². The van der Waals surface area contributed by atoms with E-state index in [0.29, 0.717) is 5.06 Å². The summed E-state index contributed by atoms with van der Waals surface area (Å²) in [6, 6.07) is 0. The van der Waals surface area contributed by atoms with Crippen LogP contribution < -0.4 is 0 Å². The fraction of sp³-hybridized carbons (Fsp3) is 0.600. The van der Waals surface area contributed by atoms with Crippen LogP contribution in [0.2, 0.25) is 0 Å². The van der Waals surface area contributed by atoms with Crippen LogP contribution in [0, 0.1) is 0 Å². The average Bonchev–Trinajstić information content (AvgIpc) is 2.67. The highest BCUT2D eigenvalue weighted by Crippen LogP contribution is 2.12. The summed E-state index contributed by atoms with van der Waals surface area (Å²) in [4.78, 5) is 49.3. The molecule has 0 aromatic carbocycles. The fourth-order valence-corrected chi connectivity index (χ4v) is 1.25. The summed E-state index contributed by atoms with van der Waals surface area (Å²) in [5.74, 6) is -3.31. The Morgan fingerprint density at radius 3 is 2.11 bits per heavy atom. The zero-order valence-electron chi connectivity index (χ0n) is 10.4. The molecule has 1 rings (SSSR count). The maximum atomic E-state index is 11.3. The molecule has 1 heterocycles. The summed E-state index contributed by atoms with van der Waals surface area (Å²) >= 11 is 0. The number of methoxy groups -OCH3 is 2. The Morgan fingerprint density at radius 1 is 1.11 bits per heavy atom. The highest BCUT2D eigenvalue weighted by Gasteiger charge is 2.33. The van der Waals surface area contributed by atoms with Gasteiger partial charge in [-0.05, 0) is 0 Å². The van der Waals surface area contributed by atoms with E-state index in [1.165, 1.54) is 14.2 Å². The molecule has 0 atom stereocenters. The third-order valence-corrected chi connectivity index (χ3v) is 2.10. The molecule has 9 nitrogen and oxygen atoms in total. The second-order valence-corrected chi connectivity index (χ2v) is 3.47. The van der Waals surface area contributed by atoms with Crippen LogP contribution >= 0.6 is 0 Å². The van der Waals surface area contributed by atoms with Gasteiger partial charge in [-0.25, -0.2) is 4.79 Å². The van der Waals surface area contributed by atoms with Crippen LogP contribution in [0.3, 0.4) is 0 Å². The van der Waals surface area contributed by atoms with Gasteiger partial charge in [0, 0.05) is 27.1 Å². The first-order valence-electron chi connectivity index (χ1n) is 5.29. The van der Waals surface area contributed by atoms with Gasteiger partial charge in [0.15, 0.2) is 0 Å². The van der Waals surface area contributed by atoms with Crippen molar-refractivity contribution in [2.24, 2.45) is 0 Å². The minimum atomic E-state index is -1.24. The lowest BCUT2D eigenvalue weighted by Gasteiger charge is -2.14. The molecule has 9 heteroatoms. The van der Waals surface area contributed by atoms with Crippen LogP contribution in [0.4, 0.5) is 0 Å². The number of nitrogens with zero attached hydrogens (tertiary/aromatic N) is 1. The molecule has 1 saturated heterocycles. The van der Waals surface area contributed by atoms with E-state index in [1.807, 2.05) is 0 Å². The van der Waals surface area contributed by atoms with Gasteiger partial charge >= 0.3 is 18.4 Å². The van der Waals surface area contributed by atoms with E-state index in [-0.39, 0.29) is 12.8 Å². The maximum absolute atomic E-state index is 11.3. The molecule has 2 amide bonds. The number of hydroxylamine groups is 2. The number of carbonyl (C=O) groups excluding carboxylic acids is 4. The first-order valence-corrected chi connectivity index (χ1v) is 5.29. The van der Waals surface area contributed by atoms with Crippen LogP contribution in [0.25, 0.3) is 0 Å². The van der Waals surface area contributed by atoms with E-state index in [9.17, 15) is 19.2 Å². The number of rotatable bonds is 6. The van der Waals surface area contributed by atoms with Gasteiger partial charge in [-0.1, -0.05) is 0 Å². The van der Waals surface area contributed by atoms with Gasteiger partial charge < -0.3 is 19.0 Å². The summed E-state index contributed by atoms with van der Waals surface area (Å²) in [6.07, 6.45) is -0.821. The van der Waals surface area contributed by atoms with Gasteiger partial charge in [0.2, 0.25) is 0 Å². The highest BCUT2D eigenvalue weighted by atomic mass is 16.8. The number of esters is 1. The van der Waals surface area contributed by atoms with Crippen molar-refractivity contribution in [2.75, 3.05) is 14.2 Å². The van der Waals surface area contributed by atoms with Crippen molar-refractivity contribution in [3.63, 3.8) is 0 Å². The summed E-state index contributed by atoms with van der Waals surface area (Å²) in [5.41, 5.74) is 0. The Balaban J connectivity index is 2.40. The fourth-order valence-electron chi connectivity index (χ4n) is 1.25. The molecule has 0 bridgehead atoms. The molecule has 1 aliphatic rings. The number of hydrogen-bond donors (Lipinski definition) is 0. The Bertz CT molecular complexity index is 373. The SMILES string of the molecule is COC(OC)OC(=O)CC(=O)ON1C(=O)CCC1=O. The first kappa shape index (κ1) is 15.1. The number of carbonyl (C=O) groups is 4. The van der Waals surface area contributed by atoms with Crippen molar-refractivity contribution < 1.29 is 38.2 Å². The predicted molar refractivity (Wildman–Crippen MR) is 55.7 cm³/mol. The number of hydrogen-bond acceptors (Lipinski definition) is 8. The average molecular weight is 275 g/mol. The predicted octanol–water partition coefficient (Wildman–Crippen LogP) is -0.897. The van der Waals surface area contributed by atoms with Gasteiger partial charge in [0.1, 0.15) is 6.42 Å². The smallest absolute Gasteiger partial charge is 0.344 e. The van der Waals surface area contributed by atoms with Gasteiger partial charge in [-0.15, -0.1) is 5.06 Å². The molecule has 1 fully saturated rings. The van der Waals surface area contributed by atoms with E-state index in [4.69, 9.17) is 0 Å². The molecule has 1 aliphatic heterocycles. The van der Waals surface area contributed by atoms with Crippen molar-refractivity contribution in [3.8, 4) is 0 Å². The minimum absolute atomic E-state index is 0.0218. The third kappa shape index (κ3) is 4.30. The van der Waals surface area contributed by atoms with Gasteiger partial charge in [0.05, 0.1) is 0 Å². The van der Waals surface area contributed by atoms with Crippen molar-refractivity contribution in [1.29, 1.82) is 0 Å². The van der Waals surface area contributed by atoms with Crippen molar-refractivity contribution in [2.45, 2.75) is 25.7 Å². The molecule has 19 heavy (non-hydrogen) atoms. The van der Waals surface area contributed by atoms with E-state index >= 15 is 0 Å². The van der Waals surface area contributed by atoms with Gasteiger partial charge in [-0.3, -0.25) is 14.4 Å². The molecular formula is C10H13NO8. The van der Waals surface area contributed by atoms with Crippen LogP contribution in [-0.4, -0.2) is 49.5 Å². The lowest BCUT2D eigenvalue weighted by atomic mass is 10.4. The zero-order chi connectivity index (χ0) is 14.4. The summed E-state index contributed by atoms with van der Waals surface area (Å²) in [6.45, 7) is -1.24. The van der Waals surface area contributed by atoms with Crippen molar-refractivity contribution >= 4 is 23.8 Å². The van der Waals surface area contributed by atoms with E-state index < -0.39 is 36.6 Å². The summed E-state index contributed by atoms with van der Waals surface area (Å²) in [7, 11) is 2.47. The Kier molecular flexibility index (Phi) is 5.39. The van der Waals surface area contributed by atoms with Crippen molar-refractivity contribution in [3.05, 3.63) is 0 Å². The van der Waals surface area contributed by atoms with Crippen LogP contribution in [0.15, 0.2) is 0 Å². The molecule has 106 valence electrons.